The third-order valence-electron chi connectivity index (χ3n) is 2.54. The Morgan fingerprint density at radius 2 is 1.79 bits per heavy atom. The van der Waals surface area contributed by atoms with Crippen molar-refractivity contribution < 1.29 is 8.78 Å². The second-order valence-corrected chi connectivity index (χ2v) is 4.65. The molecule has 0 atom stereocenters. The van der Waals surface area contributed by atoms with E-state index in [0.717, 1.165) is 12.1 Å². The van der Waals surface area contributed by atoms with Crippen LogP contribution in [0.1, 0.15) is 25.8 Å². The van der Waals surface area contributed by atoms with Crippen LogP contribution in [0.25, 0.3) is 0 Å². The van der Waals surface area contributed by atoms with Gasteiger partial charge < -0.3 is 4.90 Å². The van der Waals surface area contributed by atoms with Crippen LogP contribution in [0, 0.1) is 40.2 Å². The van der Waals surface area contributed by atoms with E-state index in [9.17, 15) is 8.78 Å². The van der Waals surface area contributed by atoms with Gasteiger partial charge in [0.05, 0.1) is 24.1 Å². The Hall–Kier alpha value is -2.14. The van der Waals surface area contributed by atoms with Crippen LogP contribution in [-0.4, -0.2) is 13.1 Å². The summed E-state index contributed by atoms with van der Waals surface area (Å²) in [5.41, 5.74) is -0.216. The van der Waals surface area contributed by atoms with E-state index in [4.69, 9.17) is 10.5 Å². The maximum Gasteiger partial charge on any atom is 0.150 e. The molecule has 0 saturated heterocycles. The van der Waals surface area contributed by atoms with E-state index in [0.29, 0.717) is 6.54 Å². The maximum absolute atomic E-state index is 13.9. The SMILES string of the molecule is CC(C)CN(CCC#N)c1c(F)cc(C#N)cc1F. The molecule has 0 spiro atoms. The zero-order valence-electron chi connectivity index (χ0n) is 11.0. The number of anilines is 1. The first-order valence-electron chi connectivity index (χ1n) is 6.00. The lowest BCUT2D eigenvalue weighted by atomic mass is 10.1. The van der Waals surface area contributed by atoms with Gasteiger partial charge >= 0.3 is 0 Å². The molecular weight excluding hydrogens is 248 g/mol. The van der Waals surface area contributed by atoms with Gasteiger partial charge in [-0.3, -0.25) is 0 Å². The molecule has 5 heteroatoms. The summed E-state index contributed by atoms with van der Waals surface area (Å²) < 4.78 is 27.8. The molecule has 1 aromatic rings. The van der Waals surface area contributed by atoms with Gasteiger partial charge in [-0.25, -0.2) is 8.78 Å². The number of halogens is 2. The van der Waals surface area contributed by atoms with E-state index >= 15 is 0 Å². The second-order valence-electron chi connectivity index (χ2n) is 4.65. The summed E-state index contributed by atoms with van der Waals surface area (Å²) in [4.78, 5) is 1.51. The fourth-order valence-corrected chi connectivity index (χ4v) is 1.85. The average Bonchev–Trinajstić information content (AvgIpc) is 2.33. The maximum atomic E-state index is 13.9. The van der Waals surface area contributed by atoms with Crippen molar-refractivity contribution in [1.82, 2.24) is 0 Å². The van der Waals surface area contributed by atoms with E-state index in [2.05, 4.69) is 0 Å². The molecule has 0 N–H and O–H groups in total. The molecule has 1 rings (SSSR count). The molecule has 0 aliphatic rings. The Balaban J connectivity index is 3.15. The van der Waals surface area contributed by atoms with Crippen LogP contribution in [0.5, 0.6) is 0 Å². The predicted molar refractivity (Wildman–Crippen MR) is 68.4 cm³/mol. The van der Waals surface area contributed by atoms with E-state index in [-0.39, 0.29) is 30.1 Å². The molecule has 0 aromatic heterocycles. The first-order valence-corrected chi connectivity index (χ1v) is 6.00. The summed E-state index contributed by atoms with van der Waals surface area (Å²) in [6.45, 7) is 4.56. The molecule has 100 valence electrons. The quantitative estimate of drug-likeness (QED) is 0.819. The van der Waals surface area contributed by atoms with Gasteiger partial charge in [0, 0.05) is 13.1 Å². The van der Waals surface area contributed by atoms with Crippen molar-refractivity contribution in [2.75, 3.05) is 18.0 Å². The molecule has 1 aromatic carbocycles. The standard InChI is InChI=1S/C14H15F2N3/c1-10(2)9-19(5-3-4-17)14-12(15)6-11(8-18)7-13(14)16/h6-7,10H,3,5,9H2,1-2H3. The van der Waals surface area contributed by atoms with Gasteiger partial charge in [0.2, 0.25) is 0 Å². The fraction of sp³-hybridized carbons (Fsp3) is 0.429. The van der Waals surface area contributed by atoms with Gasteiger partial charge in [-0.2, -0.15) is 10.5 Å². The van der Waals surface area contributed by atoms with E-state index < -0.39 is 11.6 Å². The van der Waals surface area contributed by atoms with Gasteiger partial charge in [0.1, 0.15) is 5.69 Å². The highest BCUT2D eigenvalue weighted by Crippen LogP contribution is 2.26. The minimum Gasteiger partial charge on any atom is -0.366 e. The Kier molecular flexibility index (Phi) is 5.26. The molecule has 0 aliphatic heterocycles. The van der Waals surface area contributed by atoms with Crippen molar-refractivity contribution in [2.24, 2.45) is 5.92 Å². The Bertz CT molecular complexity index is 503. The third-order valence-corrected chi connectivity index (χ3v) is 2.54. The van der Waals surface area contributed by atoms with Crippen molar-refractivity contribution in [1.29, 1.82) is 10.5 Å². The van der Waals surface area contributed by atoms with Crippen LogP contribution in [0.4, 0.5) is 14.5 Å². The third kappa shape index (κ3) is 3.93. The van der Waals surface area contributed by atoms with Crippen LogP contribution >= 0.6 is 0 Å². The van der Waals surface area contributed by atoms with Crippen molar-refractivity contribution in [3.8, 4) is 12.1 Å². The first kappa shape index (κ1) is 14.9. The molecule has 0 unspecified atom stereocenters. The highest BCUT2D eigenvalue weighted by molar-refractivity contribution is 5.52. The predicted octanol–water partition coefficient (Wildman–Crippen LogP) is 3.21. The molecular formula is C14H15F2N3. The second kappa shape index (κ2) is 6.70. The molecule has 0 fully saturated rings. The molecule has 0 heterocycles. The van der Waals surface area contributed by atoms with Crippen LogP contribution in [0.15, 0.2) is 12.1 Å². The number of benzene rings is 1. The van der Waals surface area contributed by atoms with Crippen LogP contribution in [-0.2, 0) is 0 Å². The topological polar surface area (TPSA) is 50.8 Å². The highest BCUT2D eigenvalue weighted by Gasteiger charge is 2.18. The normalized spacial score (nSPS) is 10.1. The summed E-state index contributed by atoms with van der Waals surface area (Å²) in [6, 6.07) is 5.70. The van der Waals surface area contributed by atoms with Crippen LogP contribution in [0.3, 0.4) is 0 Å². The molecule has 3 nitrogen and oxygen atoms in total. The summed E-state index contributed by atoms with van der Waals surface area (Å²) >= 11 is 0. The van der Waals surface area contributed by atoms with Crippen molar-refractivity contribution in [3.63, 3.8) is 0 Å². The van der Waals surface area contributed by atoms with Gasteiger partial charge in [-0.15, -0.1) is 0 Å². The smallest absolute Gasteiger partial charge is 0.150 e. The monoisotopic (exact) mass is 263 g/mol. The van der Waals surface area contributed by atoms with E-state index in [1.807, 2.05) is 19.9 Å². The van der Waals surface area contributed by atoms with Gasteiger partial charge in [-0.05, 0) is 18.1 Å². The fourth-order valence-electron chi connectivity index (χ4n) is 1.85. The van der Waals surface area contributed by atoms with Crippen LogP contribution in [0.2, 0.25) is 0 Å². The number of rotatable bonds is 5. The van der Waals surface area contributed by atoms with Crippen molar-refractivity contribution in [2.45, 2.75) is 20.3 Å². The van der Waals surface area contributed by atoms with Gasteiger partial charge in [0.25, 0.3) is 0 Å². The Morgan fingerprint density at radius 1 is 1.21 bits per heavy atom. The zero-order chi connectivity index (χ0) is 14.4. The summed E-state index contributed by atoms with van der Waals surface area (Å²) in [6.07, 6.45) is 0.186. The Morgan fingerprint density at radius 3 is 2.21 bits per heavy atom. The zero-order valence-corrected chi connectivity index (χ0v) is 11.0. The summed E-state index contributed by atoms with van der Waals surface area (Å²) in [5.74, 6) is -1.33. The number of nitrogens with zero attached hydrogens (tertiary/aromatic N) is 3. The van der Waals surface area contributed by atoms with Crippen LogP contribution < -0.4 is 4.90 Å². The van der Waals surface area contributed by atoms with E-state index in [1.165, 1.54) is 4.90 Å². The summed E-state index contributed by atoms with van der Waals surface area (Å²) in [7, 11) is 0. The molecule has 0 aliphatic carbocycles. The van der Waals surface area contributed by atoms with E-state index in [1.54, 1.807) is 6.07 Å². The van der Waals surface area contributed by atoms with Gasteiger partial charge in [-0.1, -0.05) is 13.8 Å². The average molecular weight is 263 g/mol. The molecule has 0 bridgehead atoms. The summed E-state index contributed by atoms with van der Waals surface area (Å²) in [5, 5.41) is 17.3. The van der Waals surface area contributed by atoms with Crippen molar-refractivity contribution >= 4 is 5.69 Å². The molecule has 0 radical (unpaired) electrons. The Labute approximate surface area is 111 Å². The minimum atomic E-state index is -0.768. The largest absolute Gasteiger partial charge is 0.366 e. The molecule has 0 saturated carbocycles. The number of hydrogen-bond donors (Lipinski definition) is 0. The lowest BCUT2D eigenvalue weighted by molar-refractivity contribution is 0.547. The molecule has 19 heavy (non-hydrogen) atoms. The number of nitriles is 2. The first-order chi connectivity index (χ1) is 8.99. The molecule has 0 amide bonds. The van der Waals surface area contributed by atoms with Gasteiger partial charge in [0.15, 0.2) is 11.6 Å². The highest BCUT2D eigenvalue weighted by atomic mass is 19.1. The lowest BCUT2D eigenvalue weighted by Gasteiger charge is -2.26. The lowest BCUT2D eigenvalue weighted by Crippen LogP contribution is -2.30. The van der Waals surface area contributed by atoms with Crippen molar-refractivity contribution in [3.05, 3.63) is 29.3 Å². The minimum absolute atomic E-state index is 0.0523. The number of hydrogen-bond acceptors (Lipinski definition) is 3.